The van der Waals surface area contributed by atoms with Crippen molar-refractivity contribution in [3.63, 3.8) is 0 Å². The number of carboxylic acids is 1. The molecule has 2 aromatic heterocycles. The maximum atomic E-state index is 13.5. The summed E-state index contributed by atoms with van der Waals surface area (Å²) >= 11 is 0.964. The SMILES string of the molecule is CC(O/N=C(\C(=O)NC1C(=O)N(OS(=O)(=O)O)C1(C)C)c1csc(N)n1)(C(=O)O)C1CCc2cc(-c3cnc(NCCCN)nc3)ccc2O1. The van der Waals surface area contributed by atoms with E-state index in [9.17, 15) is 27.9 Å². The van der Waals surface area contributed by atoms with Gasteiger partial charge < -0.3 is 36.8 Å². The number of ether oxygens (including phenoxy) is 1. The Labute approximate surface area is 289 Å². The zero-order valence-electron chi connectivity index (χ0n) is 27.0. The molecular weight excluding hydrogens is 699 g/mol. The van der Waals surface area contributed by atoms with Crippen molar-refractivity contribution in [1.82, 2.24) is 25.3 Å². The number of hydrogen-bond donors (Lipinski definition) is 6. The summed E-state index contributed by atoms with van der Waals surface area (Å²) in [6.45, 7) is 5.19. The number of nitrogens with one attached hydrogen (secondary N) is 2. The highest BCUT2D eigenvalue weighted by Gasteiger charge is 2.58. The number of anilines is 2. The van der Waals surface area contributed by atoms with Gasteiger partial charge in [0.1, 0.15) is 17.5 Å². The molecule has 21 heteroatoms. The third-order valence-corrected chi connectivity index (χ3v) is 9.13. The summed E-state index contributed by atoms with van der Waals surface area (Å²) in [5, 5.41) is 21.5. The average molecular weight is 734 g/mol. The molecule has 1 saturated heterocycles. The Morgan fingerprint density at radius 2 is 1.98 bits per heavy atom. The van der Waals surface area contributed by atoms with E-state index in [1.165, 1.54) is 26.2 Å². The number of aliphatic carboxylic acids is 1. The van der Waals surface area contributed by atoms with Crippen molar-refractivity contribution in [3.8, 4) is 16.9 Å². The van der Waals surface area contributed by atoms with Crippen molar-refractivity contribution in [2.75, 3.05) is 24.1 Å². The lowest BCUT2D eigenvalue weighted by molar-refractivity contribution is -0.218. The van der Waals surface area contributed by atoms with Crippen LogP contribution in [0.25, 0.3) is 11.1 Å². The molecule has 2 amide bonds. The summed E-state index contributed by atoms with van der Waals surface area (Å²) in [5.74, 6) is -2.54. The van der Waals surface area contributed by atoms with E-state index in [4.69, 9.17) is 25.6 Å². The fraction of sp³-hybridized carbons (Fsp3) is 0.414. The van der Waals surface area contributed by atoms with E-state index in [1.54, 1.807) is 24.5 Å². The van der Waals surface area contributed by atoms with Crippen molar-refractivity contribution >= 4 is 56.3 Å². The van der Waals surface area contributed by atoms with E-state index < -0.39 is 57.2 Å². The van der Waals surface area contributed by atoms with Crippen LogP contribution in [0.15, 0.2) is 41.1 Å². The van der Waals surface area contributed by atoms with Gasteiger partial charge in [-0.05, 0) is 69.8 Å². The van der Waals surface area contributed by atoms with E-state index in [-0.39, 0.29) is 17.2 Å². The molecule has 4 heterocycles. The van der Waals surface area contributed by atoms with E-state index in [0.717, 1.165) is 34.4 Å². The number of carbonyl (C=O) groups excluding carboxylic acids is 2. The van der Waals surface area contributed by atoms with Crippen LogP contribution >= 0.6 is 11.3 Å². The van der Waals surface area contributed by atoms with E-state index in [2.05, 4.69) is 35.0 Å². The standard InChI is InChI=1S/C29H35N9O10S2/c1-28(2)22(24(40)38(28)48-50(43,44)45)36-23(39)21(18-14-49-26(31)35-18)37-47-29(3,25(41)42)20-8-6-16-11-15(5-7-19(16)46-20)17-12-33-27(34-13-17)32-10-4-9-30/h5,7,11-14,20,22H,4,6,8-10,30H2,1-3H3,(H2,31,35)(H,36,39)(H,41,42)(H,32,33,34)(H,43,44,45)/b37-21-. The smallest absolute Gasteiger partial charge is 0.418 e. The van der Waals surface area contributed by atoms with Crippen LogP contribution < -0.4 is 26.8 Å². The minimum absolute atomic E-state index is 0.0579. The van der Waals surface area contributed by atoms with Gasteiger partial charge in [-0.15, -0.1) is 15.6 Å². The molecule has 3 aromatic rings. The summed E-state index contributed by atoms with van der Waals surface area (Å²) < 4.78 is 41.8. The fourth-order valence-corrected chi connectivity index (χ4v) is 6.22. The molecule has 1 fully saturated rings. The van der Waals surface area contributed by atoms with Gasteiger partial charge in [-0.2, -0.15) is 13.5 Å². The van der Waals surface area contributed by atoms with Crippen LogP contribution in [0, 0.1) is 0 Å². The van der Waals surface area contributed by atoms with Crippen molar-refractivity contribution in [1.29, 1.82) is 0 Å². The lowest BCUT2D eigenvalue weighted by Crippen LogP contribution is -2.76. The van der Waals surface area contributed by atoms with Crippen molar-refractivity contribution in [2.45, 2.75) is 63.3 Å². The van der Waals surface area contributed by atoms with Crippen molar-refractivity contribution in [2.24, 2.45) is 10.9 Å². The van der Waals surface area contributed by atoms with Crippen LogP contribution in [0.1, 0.15) is 44.9 Å². The van der Waals surface area contributed by atoms with Gasteiger partial charge in [-0.25, -0.2) is 19.7 Å². The molecule has 3 atom stereocenters. The monoisotopic (exact) mass is 733 g/mol. The fourth-order valence-electron chi connectivity index (χ4n) is 5.22. The number of fused-ring (bicyclic) bond motifs is 1. The number of aromatic nitrogens is 3. The molecule has 0 radical (unpaired) electrons. The van der Waals surface area contributed by atoms with Gasteiger partial charge in [0.05, 0.1) is 5.54 Å². The highest BCUT2D eigenvalue weighted by Crippen LogP contribution is 2.37. The molecule has 8 N–H and O–H groups in total. The number of hydroxylamine groups is 2. The quantitative estimate of drug-likeness (QED) is 0.0438. The highest BCUT2D eigenvalue weighted by atomic mass is 32.3. The summed E-state index contributed by atoms with van der Waals surface area (Å²) in [4.78, 5) is 57.1. The molecule has 0 bridgehead atoms. The number of thiazole rings is 1. The maximum absolute atomic E-state index is 13.5. The molecule has 19 nitrogen and oxygen atoms in total. The molecule has 0 spiro atoms. The Balaban J connectivity index is 1.33. The number of β-lactam (4-membered cyclic amide) rings is 1. The number of amides is 2. The Bertz CT molecular complexity index is 1920. The lowest BCUT2D eigenvalue weighted by Gasteiger charge is -2.50. The largest absolute Gasteiger partial charge is 0.485 e. The van der Waals surface area contributed by atoms with Crippen molar-refractivity contribution < 1.29 is 46.3 Å². The summed E-state index contributed by atoms with van der Waals surface area (Å²) in [5.41, 5.74) is 9.54. The Kier molecular flexibility index (Phi) is 10.3. The van der Waals surface area contributed by atoms with Gasteiger partial charge in [0.2, 0.25) is 5.95 Å². The number of benzene rings is 1. The molecule has 0 saturated carbocycles. The molecule has 3 unspecified atom stereocenters. The summed E-state index contributed by atoms with van der Waals surface area (Å²) in [6.07, 6.45) is 3.72. The third-order valence-electron chi connectivity index (χ3n) is 8.12. The zero-order valence-corrected chi connectivity index (χ0v) is 28.7. The van der Waals surface area contributed by atoms with Crippen LogP contribution in [0.4, 0.5) is 11.1 Å². The number of oxime groups is 1. The van der Waals surface area contributed by atoms with Gasteiger partial charge in [0.15, 0.2) is 16.9 Å². The second-order valence-electron chi connectivity index (χ2n) is 12.0. The first-order chi connectivity index (χ1) is 23.5. The molecular formula is C29H35N9O10S2. The zero-order chi connectivity index (χ0) is 36.4. The van der Waals surface area contributed by atoms with E-state index in [1.807, 2.05) is 6.07 Å². The number of carbonyl (C=O) groups is 3. The van der Waals surface area contributed by atoms with E-state index >= 15 is 0 Å². The highest BCUT2D eigenvalue weighted by molar-refractivity contribution is 7.80. The molecule has 0 aliphatic carbocycles. The first-order valence-electron chi connectivity index (χ1n) is 15.1. The van der Waals surface area contributed by atoms with Gasteiger partial charge in [-0.1, -0.05) is 11.2 Å². The Morgan fingerprint density at radius 3 is 2.58 bits per heavy atom. The number of nitrogens with two attached hydrogens (primary N) is 2. The normalized spacial score (nSPS) is 19.7. The second kappa shape index (κ2) is 14.1. The molecule has 268 valence electrons. The predicted octanol–water partition coefficient (Wildman–Crippen LogP) is 0.741. The van der Waals surface area contributed by atoms with E-state index in [0.29, 0.717) is 36.3 Å². The van der Waals surface area contributed by atoms with Gasteiger partial charge >= 0.3 is 16.4 Å². The molecule has 2 aliphatic heterocycles. The number of carboxylic acid groups (broad SMARTS) is 1. The molecule has 2 aliphatic rings. The maximum Gasteiger partial charge on any atom is 0.418 e. The first kappa shape index (κ1) is 36.3. The van der Waals surface area contributed by atoms with Crippen LogP contribution in [-0.2, 0) is 40.3 Å². The Hall–Kier alpha value is -4.96. The minimum atomic E-state index is -5.03. The number of nitrogens with zero attached hydrogens (tertiary/aromatic N) is 5. The minimum Gasteiger partial charge on any atom is -0.485 e. The molecule has 50 heavy (non-hydrogen) atoms. The van der Waals surface area contributed by atoms with Gasteiger partial charge in [0, 0.05) is 29.9 Å². The summed E-state index contributed by atoms with van der Waals surface area (Å²) in [6, 6.07) is 4.07. The topological polar surface area (TPSA) is 284 Å². The van der Waals surface area contributed by atoms with Crippen LogP contribution in [0.3, 0.4) is 0 Å². The molecule has 5 rings (SSSR count). The van der Waals surface area contributed by atoms with Crippen LogP contribution in [-0.4, -0.2) is 98.0 Å². The number of rotatable bonds is 14. The average Bonchev–Trinajstić information content (AvgIpc) is 3.50. The number of nitrogen functional groups attached to an aromatic ring is 1. The van der Waals surface area contributed by atoms with Crippen LogP contribution in [0.5, 0.6) is 5.75 Å². The number of aryl methyl sites for hydroxylation is 1. The van der Waals surface area contributed by atoms with Crippen molar-refractivity contribution in [3.05, 3.63) is 47.2 Å². The Morgan fingerprint density at radius 1 is 1.26 bits per heavy atom. The third kappa shape index (κ3) is 7.60. The lowest BCUT2D eigenvalue weighted by atomic mass is 9.84. The number of hydrogen-bond acceptors (Lipinski definition) is 16. The predicted molar refractivity (Wildman–Crippen MR) is 178 cm³/mol. The van der Waals surface area contributed by atoms with Crippen LogP contribution in [0.2, 0.25) is 0 Å². The summed E-state index contributed by atoms with van der Waals surface area (Å²) in [7, 11) is -5.03. The molecule has 1 aromatic carbocycles. The second-order valence-corrected chi connectivity index (χ2v) is 13.9. The first-order valence-corrected chi connectivity index (χ1v) is 17.4. The van der Waals surface area contributed by atoms with Gasteiger partial charge in [-0.3, -0.25) is 14.1 Å². The van der Waals surface area contributed by atoms with Gasteiger partial charge in [0.25, 0.3) is 17.4 Å².